The first-order valence-corrected chi connectivity index (χ1v) is 10.5. The molecule has 0 saturated heterocycles. The maximum absolute atomic E-state index is 12.5. The van der Waals surface area contributed by atoms with Gasteiger partial charge in [-0.1, -0.05) is 56.8 Å². The second kappa shape index (κ2) is 10.5. The van der Waals surface area contributed by atoms with Gasteiger partial charge in [0.15, 0.2) is 11.4 Å². The van der Waals surface area contributed by atoms with Gasteiger partial charge in [0.25, 0.3) is 5.91 Å². The number of carbonyl (C=O) groups is 1. The SMILES string of the molecule is CSC(=Nc1ccccc1C(=O)NCCOc1ccc(C(C)(C)C)cc1)NC#N. The Morgan fingerprint density at radius 3 is 2.48 bits per heavy atom. The van der Waals surface area contributed by atoms with Crippen LogP contribution in [0, 0.1) is 11.5 Å². The first kappa shape index (κ1) is 22.3. The van der Waals surface area contributed by atoms with Crippen LogP contribution in [0.5, 0.6) is 5.75 Å². The van der Waals surface area contributed by atoms with Crippen LogP contribution < -0.4 is 15.4 Å². The van der Waals surface area contributed by atoms with Gasteiger partial charge in [-0.3, -0.25) is 10.1 Å². The minimum absolute atomic E-state index is 0.0985. The molecule has 6 nitrogen and oxygen atoms in total. The topological polar surface area (TPSA) is 86.5 Å². The number of nitriles is 1. The lowest BCUT2D eigenvalue weighted by Gasteiger charge is -2.19. The van der Waals surface area contributed by atoms with Gasteiger partial charge in [-0.05, 0) is 41.5 Å². The van der Waals surface area contributed by atoms with E-state index in [1.165, 1.54) is 17.3 Å². The molecule has 0 fully saturated rings. The van der Waals surface area contributed by atoms with Crippen LogP contribution in [0.4, 0.5) is 5.69 Å². The van der Waals surface area contributed by atoms with Gasteiger partial charge >= 0.3 is 0 Å². The number of nitrogens with zero attached hydrogens (tertiary/aromatic N) is 2. The number of carbonyl (C=O) groups excluding carboxylic acids is 1. The molecule has 2 aromatic carbocycles. The molecule has 0 aliphatic rings. The Hall–Kier alpha value is -2.98. The molecule has 1 amide bonds. The molecule has 2 N–H and O–H groups in total. The van der Waals surface area contributed by atoms with Crippen LogP contribution in [0.2, 0.25) is 0 Å². The second-order valence-corrected chi connectivity index (χ2v) is 8.05. The molecule has 0 heterocycles. The summed E-state index contributed by atoms with van der Waals surface area (Å²) in [4.78, 5) is 16.9. The van der Waals surface area contributed by atoms with E-state index < -0.39 is 0 Å². The molecule has 152 valence electrons. The maximum Gasteiger partial charge on any atom is 0.253 e. The summed E-state index contributed by atoms with van der Waals surface area (Å²) in [5.41, 5.74) is 2.27. The summed E-state index contributed by atoms with van der Waals surface area (Å²) >= 11 is 1.30. The Labute approximate surface area is 176 Å². The molecular formula is C22H26N4O2S. The summed E-state index contributed by atoms with van der Waals surface area (Å²) in [6.45, 7) is 7.22. The summed E-state index contributed by atoms with van der Waals surface area (Å²) in [7, 11) is 0. The molecular weight excluding hydrogens is 384 g/mol. The predicted octanol–water partition coefficient (Wildman–Crippen LogP) is 4.21. The van der Waals surface area contributed by atoms with Crippen molar-refractivity contribution in [2.75, 3.05) is 19.4 Å². The zero-order valence-corrected chi connectivity index (χ0v) is 18.0. The third-order valence-corrected chi connectivity index (χ3v) is 4.68. The Balaban J connectivity index is 1.92. The summed E-state index contributed by atoms with van der Waals surface area (Å²) in [6, 6.07) is 15.0. The molecule has 0 unspecified atom stereocenters. The number of rotatable bonds is 6. The van der Waals surface area contributed by atoms with E-state index in [4.69, 9.17) is 10.00 Å². The minimum Gasteiger partial charge on any atom is -0.492 e. The van der Waals surface area contributed by atoms with Gasteiger partial charge in [-0.2, -0.15) is 5.26 Å². The van der Waals surface area contributed by atoms with Crippen LogP contribution in [0.3, 0.4) is 0 Å². The lowest BCUT2D eigenvalue weighted by Crippen LogP contribution is -2.28. The molecule has 29 heavy (non-hydrogen) atoms. The summed E-state index contributed by atoms with van der Waals surface area (Å²) < 4.78 is 5.71. The first-order chi connectivity index (χ1) is 13.8. The van der Waals surface area contributed by atoms with Crippen molar-refractivity contribution in [2.24, 2.45) is 4.99 Å². The fourth-order valence-electron chi connectivity index (χ4n) is 2.52. The maximum atomic E-state index is 12.5. The zero-order valence-electron chi connectivity index (χ0n) is 17.2. The van der Waals surface area contributed by atoms with Gasteiger partial charge < -0.3 is 10.1 Å². The minimum atomic E-state index is -0.242. The standard InChI is InChI=1S/C22H26N4O2S/c1-22(2,3)16-9-11-17(12-10-16)28-14-13-24-20(27)18-7-5-6-8-19(18)26-21(29-4)25-15-23/h5-12H,13-14H2,1-4H3,(H,24,27)(H,25,26). The van der Waals surface area contributed by atoms with Crippen molar-refractivity contribution >= 4 is 28.5 Å². The number of amides is 1. The number of para-hydroxylation sites is 1. The van der Waals surface area contributed by atoms with Gasteiger partial charge in [0, 0.05) is 0 Å². The Bertz CT molecular complexity index is 896. The highest BCUT2D eigenvalue weighted by atomic mass is 32.2. The first-order valence-electron chi connectivity index (χ1n) is 9.23. The van der Waals surface area contributed by atoms with Gasteiger partial charge in [0.05, 0.1) is 17.8 Å². The van der Waals surface area contributed by atoms with E-state index in [-0.39, 0.29) is 11.3 Å². The molecule has 2 aromatic rings. The van der Waals surface area contributed by atoms with E-state index in [2.05, 4.69) is 48.5 Å². The van der Waals surface area contributed by atoms with Crippen LogP contribution >= 0.6 is 11.8 Å². The normalized spacial score (nSPS) is 11.5. The van der Waals surface area contributed by atoms with E-state index in [0.717, 1.165) is 5.75 Å². The van der Waals surface area contributed by atoms with Crippen LogP contribution in [0.1, 0.15) is 36.7 Å². The van der Waals surface area contributed by atoms with Crippen LogP contribution in [-0.4, -0.2) is 30.5 Å². The smallest absolute Gasteiger partial charge is 0.253 e. The van der Waals surface area contributed by atoms with E-state index in [0.29, 0.717) is 29.6 Å². The average Bonchev–Trinajstić information content (AvgIpc) is 2.70. The molecule has 2 rings (SSSR count). The number of thioether (sulfide) groups is 1. The highest BCUT2D eigenvalue weighted by Crippen LogP contribution is 2.24. The summed E-state index contributed by atoms with van der Waals surface area (Å²) in [5, 5.41) is 14.5. The van der Waals surface area contributed by atoms with Crippen molar-refractivity contribution in [1.29, 1.82) is 5.26 Å². The third-order valence-electron chi connectivity index (χ3n) is 4.10. The highest BCUT2D eigenvalue weighted by Gasteiger charge is 2.13. The van der Waals surface area contributed by atoms with Gasteiger partial charge in [-0.15, -0.1) is 0 Å². The fraction of sp³-hybridized carbons (Fsp3) is 0.318. The van der Waals surface area contributed by atoms with Crippen LogP contribution in [0.15, 0.2) is 53.5 Å². The molecule has 0 radical (unpaired) electrons. The predicted molar refractivity (Wildman–Crippen MR) is 119 cm³/mol. The van der Waals surface area contributed by atoms with Crippen LogP contribution in [0.25, 0.3) is 0 Å². The van der Waals surface area contributed by atoms with Crippen molar-refractivity contribution in [2.45, 2.75) is 26.2 Å². The van der Waals surface area contributed by atoms with Crippen molar-refractivity contribution in [1.82, 2.24) is 10.6 Å². The van der Waals surface area contributed by atoms with Crippen molar-refractivity contribution in [3.8, 4) is 11.9 Å². The van der Waals surface area contributed by atoms with Crippen molar-refractivity contribution in [3.63, 3.8) is 0 Å². The molecule has 0 aliphatic carbocycles. The molecule has 7 heteroatoms. The largest absolute Gasteiger partial charge is 0.492 e. The number of ether oxygens (including phenoxy) is 1. The van der Waals surface area contributed by atoms with Crippen molar-refractivity contribution < 1.29 is 9.53 Å². The molecule has 0 saturated carbocycles. The third kappa shape index (κ3) is 6.84. The van der Waals surface area contributed by atoms with E-state index in [1.54, 1.807) is 30.5 Å². The molecule has 0 spiro atoms. The number of aliphatic imine (C=N–C) groups is 1. The quantitative estimate of drug-likeness (QED) is 0.245. The van der Waals surface area contributed by atoms with Gasteiger partial charge in [0.2, 0.25) is 0 Å². The Kier molecular flexibility index (Phi) is 8.10. The molecule has 0 aliphatic heterocycles. The summed E-state index contributed by atoms with van der Waals surface area (Å²) in [6.07, 6.45) is 3.64. The summed E-state index contributed by atoms with van der Waals surface area (Å²) in [5.74, 6) is 0.526. The van der Waals surface area contributed by atoms with Gasteiger partial charge in [-0.25, -0.2) is 4.99 Å². The number of hydrogen-bond acceptors (Lipinski definition) is 5. The number of nitrogens with one attached hydrogen (secondary N) is 2. The van der Waals surface area contributed by atoms with Crippen molar-refractivity contribution in [3.05, 3.63) is 59.7 Å². The van der Waals surface area contributed by atoms with E-state index in [1.807, 2.05) is 18.3 Å². The zero-order chi connectivity index (χ0) is 21.3. The van der Waals surface area contributed by atoms with E-state index >= 15 is 0 Å². The monoisotopic (exact) mass is 410 g/mol. The second-order valence-electron chi connectivity index (χ2n) is 7.25. The lowest BCUT2D eigenvalue weighted by molar-refractivity contribution is 0.0947. The number of hydrogen-bond donors (Lipinski definition) is 2. The highest BCUT2D eigenvalue weighted by molar-refractivity contribution is 8.13. The van der Waals surface area contributed by atoms with Crippen LogP contribution in [-0.2, 0) is 5.41 Å². The molecule has 0 atom stereocenters. The fourth-order valence-corrected chi connectivity index (χ4v) is 2.86. The lowest BCUT2D eigenvalue weighted by atomic mass is 9.87. The molecule has 0 aromatic heterocycles. The average molecular weight is 411 g/mol. The molecule has 0 bridgehead atoms. The Morgan fingerprint density at radius 1 is 1.17 bits per heavy atom. The Morgan fingerprint density at radius 2 is 1.86 bits per heavy atom. The number of benzene rings is 2. The van der Waals surface area contributed by atoms with E-state index in [9.17, 15) is 4.79 Å². The number of amidine groups is 1. The van der Waals surface area contributed by atoms with Gasteiger partial charge in [0.1, 0.15) is 12.4 Å².